The number of benzene rings is 1. The molecular formula is C15H16FNO3. The minimum Gasteiger partial charge on any atom is -0.384 e. The molecule has 1 aliphatic rings. The summed E-state index contributed by atoms with van der Waals surface area (Å²) in [6.45, 7) is 2.62. The smallest absolute Gasteiger partial charge is 0.253 e. The van der Waals surface area contributed by atoms with Gasteiger partial charge in [0.15, 0.2) is 0 Å². The van der Waals surface area contributed by atoms with Gasteiger partial charge < -0.3 is 15.2 Å². The summed E-state index contributed by atoms with van der Waals surface area (Å²) >= 11 is 0. The molecule has 0 bridgehead atoms. The normalized spacial score (nSPS) is 21.1. The molecule has 0 aromatic heterocycles. The van der Waals surface area contributed by atoms with E-state index in [4.69, 9.17) is 9.84 Å². The topological polar surface area (TPSA) is 58.6 Å². The van der Waals surface area contributed by atoms with Crippen molar-refractivity contribution in [2.24, 2.45) is 0 Å². The standard InChI is InChI=1S/C15H16FNO3/c1-15(6-8-20-10-15)17-14(19)13-5-4-12(16)9-11(13)3-2-7-18/h4-5,9,18H,6-8,10H2,1H3,(H,17,19). The molecule has 1 aromatic rings. The van der Waals surface area contributed by atoms with Gasteiger partial charge in [-0.2, -0.15) is 0 Å². The summed E-state index contributed by atoms with van der Waals surface area (Å²) in [7, 11) is 0. The van der Waals surface area contributed by atoms with Crippen LogP contribution in [0.25, 0.3) is 0 Å². The Morgan fingerprint density at radius 2 is 2.40 bits per heavy atom. The zero-order valence-corrected chi connectivity index (χ0v) is 11.2. The molecule has 0 radical (unpaired) electrons. The van der Waals surface area contributed by atoms with Gasteiger partial charge >= 0.3 is 0 Å². The van der Waals surface area contributed by atoms with Crippen LogP contribution in [0.5, 0.6) is 0 Å². The highest BCUT2D eigenvalue weighted by atomic mass is 19.1. The molecule has 1 atom stereocenters. The highest BCUT2D eigenvalue weighted by Crippen LogP contribution is 2.19. The zero-order chi connectivity index (χ0) is 14.6. The number of rotatable bonds is 2. The lowest BCUT2D eigenvalue weighted by molar-refractivity contribution is 0.0889. The molecular weight excluding hydrogens is 261 g/mol. The second-order valence-corrected chi connectivity index (χ2v) is 4.97. The molecule has 20 heavy (non-hydrogen) atoms. The quantitative estimate of drug-likeness (QED) is 0.795. The molecule has 1 fully saturated rings. The summed E-state index contributed by atoms with van der Waals surface area (Å²) < 4.78 is 18.5. The van der Waals surface area contributed by atoms with Crippen LogP contribution in [0.3, 0.4) is 0 Å². The van der Waals surface area contributed by atoms with Crippen LogP contribution >= 0.6 is 0 Å². The Labute approximate surface area is 116 Å². The van der Waals surface area contributed by atoms with E-state index < -0.39 is 11.4 Å². The molecule has 0 saturated carbocycles. The maximum Gasteiger partial charge on any atom is 0.253 e. The Balaban J connectivity index is 2.25. The fourth-order valence-corrected chi connectivity index (χ4v) is 2.06. The summed E-state index contributed by atoms with van der Waals surface area (Å²) in [5.41, 5.74) is 0.146. The molecule has 2 N–H and O–H groups in total. The Morgan fingerprint density at radius 1 is 1.60 bits per heavy atom. The number of hydrogen-bond donors (Lipinski definition) is 2. The number of carbonyl (C=O) groups excluding carboxylic acids is 1. The summed E-state index contributed by atoms with van der Waals surface area (Å²) in [6.07, 6.45) is 0.734. The molecule has 2 rings (SSSR count). The van der Waals surface area contributed by atoms with Crippen LogP contribution in [0.2, 0.25) is 0 Å². The van der Waals surface area contributed by atoms with Gasteiger partial charge in [0, 0.05) is 12.2 Å². The second-order valence-electron chi connectivity index (χ2n) is 4.97. The van der Waals surface area contributed by atoms with Crippen LogP contribution in [0, 0.1) is 17.7 Å². The van der Waals surface area contributed by atoms with E-state index in [1.54, 1.807) is 0 Å². The first kappa shape index (κ1) is 14.5. The zero-order valence-electron chi connectivity index (χ0n) is 11.2. The van der Waals surface area contributed by atoms with Crippen molar-refractivity contribution < 1.29 is 19.0 Å². The van der Waals surface area contributed by atoms with E-state index in [-0.39, 0.29) is 18.1 Å². The summed E-state index contributed by atoms with van der Waals surface area (Å²) in [4.78, 5) is 12.3. The van der Waals surface area contributed by atoms with Crippen molar-refractivity contribution in [3.8, 4) is 11.8 Å². The molecule has 1 aliphatic heterocycles. The first-order valence-corrected chi connectivity index (χ1v) is 6.34. The van der Waals surface area contributed by atoms with Crippen molar-refractivity contribution in [3.05, 3.63) is 35.1 Å². The van der Waals surface area contributed by atoms with E-state index in [2.05, 4.69) is 17.2 Å². The second kappa shape index (κ2) is 6.04. The van der Waals surface area contributed by atoms with Crippen LogP contribution < -0.4 is 5.32 Å². The van der Waals surface area contributed by atoms with Gasteiger partial charge in [-0.1, -0.05) is 11.8 Å². The third kappa shape index (κ3) is 3.35. The van der Waals surface area contributed by atoms with Crippen molar-refractivity contribution >= 4 is 5.91 Å². The molecule has 1 heterocycles. The molecule has 106 valence electrons. The Bertz CT molecular complexity index is 568. The van der Waals surface area contributed by atoms with Gasteiger partial charge in [-0.05, 0) is 31.5 Å². The van der Waals surface area contributed by atoms with Crippen molar-refractivity contribution in [2.75, 3.05) is 19.8 Å². The number of amides is 1. The van der Waals surface area contributed by atoms with Crippen molar-refractivity contribution in [3.63, 3.8) is 0 Å². The van der Waals surface area contributed by atoms with E-state index >= 15 is 0 Å². The van der Waals surface area contributed by atoms with E-state index in [1.165, 1.54) is 18.2 Å². The molecule has 0 spiro atoms. The van der Waals surface area contributed by atoms with Crippen molar-refractivity contribution in [2.45, 2.75) is 18.9 Å². The number of carbonyl (C=O) groups is 1. The molecule has 1 saturated heterocycles. The third-order valence-electron chi connectivity index (χ3n) is 3.16. The number of ether oxygens (including phenoxy) is 1. The van der Waals surface area contributed by atoms with E-state index in [0.29, 0.717) is 18.8 Å². The number of nitrogens with one attached hydrogen (secondary N) is 1. The first-order valence-electron chi connectivity index (χ1n) is 6.34. The first-order chi connectivity index (χ1) is 9.54. The van der Waals surface area contributed by atoms with Crippen molar-refractivity contribution in [1.29, 1.82) is 0 Å². The number of aliphatic hydroxyl groups excluding tert-OH is 1. The van der Waals surface area contributed by atoms with Gasteiger partial charge in [-0.3, -0.25) is 4.79 Å². The largest absolute Gasteiger partial charge is 0.384 e. The van der Waals surface area contributed by atoms with E-state index in [9.17, 15) is 9.18 Å². The predicted molar refractivity (Wildman–Crippen MR) is 71.7 cm³/mol. The summed E-state index contributed by atoms with van der Waals surface area (Å²) in [5, 5.41) is 11.6. The number of halogens is 1. The monoisotopic (exact) mass is 277 g/mol. The van der Waals surface area contributed by atoms with Gasteiger partial charge in [0.05, 0.1) is 17.7 Å². The maximum absolute atomic E-state index is 13.2. The molecule has 1 amide bonds. The van der Waals surface area contributed by atoms with E-state index in [0.717, 1.165) is 6.42 Å². The van der Waals surface area contributed by atoms with Crippen LogP contribution in [-0.2, 0) is 4.74 Å². The molecule has 4 nitrogen and oxygen atoms in total. The fraction of sp³-hybridized carbons (Fsp3) is 0.400. The lowest BCUT2D eigenvalue weighted by Gasteiger charge is -2.23. The van der Waals surface area contributed by atoms with Crippen molar-refractivity contribution in [1.82, 2.24) is 5.32 Å². The maximum atomic E-state index is 13.2. The molecule has 0 aliphatic carbocycles. The average Bonchev–Trinajstić information content (AvgIpc) is 2.82. The summed E-state index contributed by atoms with van der Waals surface area (Å²) in [5.74, 6) is 4.22. The molecule has 1 unspecified atom stereocenters. The van der Waals surface area contributed by atoms with Gasteiger partial charge in [0.1, 0.15) is 12.4 Å². The van der Waals surface area contributed by atoms with Gasteiger partial charge in [-0.25, -0.2) is 4.39 Å². The SMILES string of the molecule is CC1(NC(=O)c2ccc(F)cc2C#CCO)CCOC1. The van der Waals surface area contributed by atoms with E-state index in [1.807, 2.05) is 6.92 Å². The molecule has 1 aromatic carbocycles. The fourth-order valence-electron chi connectivity index (χ4n) is 2.06. The predicted octanol–water partition coefficient (Wildman–Crippen LogP) is 1.08. The summed E-state index contributed by atoms with van der Waals surface area (Å²) in [6, 6.07) is 3.79. The number of hydrogen-bond acceptors (Lipinski definition) is 3. The molecule has 5 heteroatoms. The van der Waals surface area contributed by atoms with Crippen LogP contribution in [-0.4, -0.2) is 36.4 Å². The lowest BCUT2D eigenvalue weighted by Crippen LogP contribution is -2.46. The number of aliphatic hydroxyl groups is 1. The van der Waals surface area contributed by atoms with Gasteiger partial charge in [0.25, 0.3) is 5.91 Å². The third-order valence-corrected chi connectivity index (χ3v) is 3.16. The van der Waals surface area contributed by atoms with Crippen LogP contribution in [0.4, 0.5) is 4.39 Å². The highest BCUT2D eigenvalue weighted by molar-refractivity contribution is 5.97. The Morgan fingerprint density at radius 3 is 3.05 bits per heavy atom. The average molecular weight is 277 g/mol. The van der Waals surface area contributed by atoms with Gasteiger partial charge in [0.2, 0.25) is 0 Å². The minimum absolute atomic E-state index is 0.263. The van der Waals surface area contributed by atoms with Crippen LogP contribution in [0.15, 0.2) is 18.2 Å². The Hall–Kier alpha value is -1.90. The highest BCUT2D eigenvalue weighted by Gasteiger charge is 2.31. The lowest BCUT2D eigenvalue weighted by atomic mass is 10.00. The minimum atomic E-state index is -0.473. The Kier molecular flexibility index (Phi) is 4.38. The van der Waals surface area contributed by atoms with Gasteiger partial charge in [-0.15, -0.1) is 0 Å². The van der Waals surface area contributed by atoms with Crippen LogP contribution in [0.1, 0.15) is 29.3 Å².